The van der Waals surface area contributed by atoms with Crippen molar-refractivity contribution in [2.75, 3.05) is 73.6 Å². The van der Waals surface area contributed by atoms with E-state index in [0.29, 0.717) is 47.8 Å². The summed E-state index contributed by atoms with van der Waals surface area (Å²) in [4.78, 5) is 66.2. The van der Waals surface area contributed by atoms with Gasteiger partial charge in [0.2, 0.25) is 17.5 Å². The molecule has 1 unspecified atom stereocenters. The Balaban J connectivity index is 0.754. The number of piperidine rings is 2. The number of rotatable bonds is 6. The van der Waals surface area contributed by atoms with Crippen molar-refractivity contribution < 1.29 is 14.4 Å². The number of hydrogen-bond donors (Lipinski definition) is 1. The number of hydrogen-bond acceptors (Lipinski definition) is 8. The molecule has 0 bridgehead atoms. The zero-order valence-corrected chi connectivity index (χ0v) is 33.2. The number of amides is 3. The molecule has 5 aliphatic rings. The lowest BCUT2D eigenvalue weighted by molar-refractivity contribution is -0.135. The smallest absolute Gasteiger partial charge is 0.329 e. The van der Waals surface area contributed by atoms with E-state index in [0.717, 1.165) is 87.5 Å². The van der Waals surface area contributed by atoms with E-state index in [4.69, 9.17) is 18.2 Å². The second-order valence-electron chi connectivity index (χ2n) is 16.7. The molecule has 4 aromatic rings. The van der Waals surface area contributed by atoms with Crippen molar-refractivity contribution in [3.63, 3.8) is 0 Å². The molecule has 5 aliphatic heterocycles. The minimum Gasteiger partial charge on any atom is -0.371 e. The summed E-state index contributed by atoms with van der Waals surface area (Å²) in [5.41, 5.74) is 5.96. The molecule has 5 saturated heterocycles. The lowest BCUT2D eigenvalue weighted by Gasteiger charge is -2.49. The van der Waals surface area contributed by atoms with E-state index >= 15 is 0 Å². The molecular weight excluding hydrogens is 742 g/mol. The van der Waals surface area contributed by atoms with Gasteiger partial charge in [-0.15, -0.1) is 0 Å². The van der Waals surface area contributed by atoms with Crippen molar-refractivity contribution in [2.45, 2.75) is 57.2 Å². The molecule has 57 heavy (non-hydrogen) atoms. The molecule has 0 aliphatic carbocycles. The maximum atomic E-state index is 13.6. The van der Waals surface area contributed by atoms with Crippen LogP contribution in [0.4, 0.5) is 22.7 Å². The van der Waals surface area contributed by atoms with E-state index in [9.17, 15) is 19.2 Å². The van der Waals surface area contributed by atoms with Gasteiger partial charge in [0.1, 0.15) is 6.04 Å². The summed E-state index contributed by atoms with van der Waals surface area (Å²) < 4.78 is 3.09. The fourth-order valence-electron chi connectivity index (χ4n) is 9.99. The van der Waals surface area contributed by atoms with E-state index in [1.54, 1.807) is 11.6 Å². The van der Waals surface area contributed by atoms with Gasteiger partial charge >= 0.3 is 5.69 Å². The standard InChI is InChI=1S/C43H48ClN9O4/c1-28-24-43(27-52(28)32-8-10-35(45-2)34(44)22-32)14-16-48(17-15-43)30-6-4-29(5-7-30)41(56)50-20-18-49(19-21-50)33-25-51(26-33)31-9-11-36-38(23-31)47(3)42(57)53(36)37-12-13-39(54)46-40(37)55/h4-11,22-23,28,33,37H,12-21,24-27H2,1,3H3,(H,46,54,55)/t28-,37?/m0/s1. The molecule has 1 N–H and O–H groups in total. The van der Waals surface area contributed by atoms with Gasteiger partial charge < -0.3 is 19.6 Å². The minimum absolute atomic E-state index is 0.0850. The largest absolute Gasteiger partial charge is 0.371 e. The molecule has 296 valence electrons. The highest BCUT2D eigenvalue weighted by molar-refractivity contribution is 6.33. The van der Waals surface area contributed by atoms with Crippen LogP contribution in [-0.2, 0) is 16.6 Å². The van der Waals surface area contributed by atoms with Crippen LogP contribution in [-0.4, -0.2) is 108 Å². The van der Waals surface area contributed by atoms with Gasteiger partial charge in [0, 0.05) is 112 Å². The normalized spacial score (nSPS) is 22.9. The molecule has 13 nitrogen and oxygen atoms in total. The highest BCUT2D eigenvalue weighted by Gasteiger charge is 2.44. The monoisotopic (exact) mass is 789 g/mol. The fourth-order valence-corrected chi connectivity index (χ4v) is 10.2. The number of carbonyl (C=O) groups is 3. The summed E-state index contributed by atoms with van der Waals surface area (Å²) in [6.45, 7) is 17.3. The Labute approximate surface area is 337 Å². The molecule has 3 aromatic carbocycles. The van der Waals surface area contributed by atoms with Crippen molar-refractivity contribution in [3.05, 3.63) is 93.2 Å². The number of anilines is 3. The number of halogens is 1. The molecule has 2 atom stereocenters. The summed E-state index contributed by atoms with van der Waals surface area (Å²) in [5, 5.41) is 2.88. The number of nitrogens with zero attached hydrogens (tertiary/aromatic N) is 8. The first-order valence-corrected chi connectivity index (χ1v) is 20.5. The van der Waals surface area contributed by atoms with Crippen LogP contribution in [0.25, 0.3) is 15.9 Å². The van der Waals surface area contributed by atoms with Crippen molar-refractivity contribution in [1.82, 2.24) is 24.3 Å². The fraction of sp³-hybridized carbons (Fsp3) is 0.465. The third-order valence-corrected chi connectivity index (χ3v) is 13.7. The van der Waals surface area contributed by atoms with Crippen molar-refractivity contribution in [1.29, 1.82) is 0 Å². The first kappa shape index (κ1) is 37.3. The van der Waals surface area contributed by atoms with Crippen molar-refractivity contribution in [3.8, 4) is 0 Å². The maximum Gasteiger partial charge on any atom is 0.329 e. The van der Waals surface area contributed by atoms with Crippen LogP contribution in [0.2, 0.25) is 5.02 Å². The predicted molar refractivity (Wildman–Crippen MR) is 222 cm³/mol. The van der Waals surface area contributed by atoms with Crippen molar-refractivity contribution >= 4 is 63.1 Å². The van der Waals surface area contributed by atoms with Gasteiger partial charge in [0.15, 0.2) is 0 Å². The number of imide groups is 1. The second-order valence-corrected chi connectivity index (χ2v) is 17.1. The molecule has 9 rings (SSSR count). The quantitative estimate of drug-likeness (QED) is 0.214. The Bertz CT molecular complexity index is 2340. The number of imidazole rings is 1. The second kappa shape index (κ2) is 14.6. The van der Waals surface area contributed by atoms with Crippen molar-refractivity contribution in [2.24, 2.45) is 12.5 Å². The highest BCUT2D eigenvalue weighted by atomic mass is 35.5. The lowest BCUT2D eigenvalue weighted by Crippen LogP contribution is -2.63. The van der Waals surface area contributed by atoms with Crippen LogP contribution in [0, 0.1) is 12.0 Å². The van der Waals surface area contributed by atoms with Crippen LogP contribution in [0.5, 0.6) is 0 Å². The van der Waals surface area contributed by atoms with E-state index in [2.05, 4.69) is 48.8 Å². The molecule has 3 amide bonds. The zero-order valence-electron chi connectivity index (χ0n) is 32.5. The SMILES string of the molecule is [C-]#[N+]c1ccc(N2CC3(CCN(c4ccc(C(=O)N5CCN(C6CN(c7ccc8c(c7)n(C)c(=O)n8C7CCC(=O)NC7=O)C6)CC5)cc4)CC3)C[C@@H]2C)cc1Cl. The number of fused-ring (bicyclic) bond motifs is 1. The van der Waals surface area contributed by atoms with Gasteiger partial charge in [-0.25, -0.2) is 9.64 Å². The van der Waals surface area contributed by atoms with Crippen LogP contribution in [0.1, 0.15) is 55.4 Å². The number of benzene rings is 3. The van der Waals surface area contributed by atoms with Gasteiger partial charge in [-0.3, -0.25) is 33.7 Å². The van der Waals surface area contributed by atoms with Gasteiger partial charge in [-0.2, -0.15) is 0 Å². The Kier molecular flexibility index (Phi) is 9.52. The average molecular weight is 790 g/mol. The van der Waals surface area contributed by atoms with E-state index in [-0.39, 0.29) is 29.3 Å². The molecule has 5 fully saturated rings. The first-order valence-electron chi connectivity index (χ1n) is 20.1. The van der Waals surface area contributed by atoms with Crippen LogP contribution >= 0.6 is 11.6 Å². The number of aryl methyl sites for hydroxylation is 1. The van der Waals surface area contributed by atoms with Crippen LogP contribution < -0.4 is 25.7 Å². The van der Waals surface area contributed by atoms with Crippen LogP contribution in [0.15, 0.2) is 65.5 Å². The molecule has 1 spiro atoms. The maximum absolute atomic E-state index is 13.6. The number of aromatic nitrogens is 2. The highest BCUT2D eigenvalue weighted by Crippen LogP contribution is 2.46. The number of carbonyl (C=O) groups excluding carboxylic acids is 3. The Morgan fingerprint density at radius 3 is 2.25 bits per heavy atom. The molecule has 14 heteroatoms. The lowest BCUT2D eigenvalue weighted by atomic mass is 9.76. The number of nitrogens with one attached hydrogen (secondary N) is 1. The van der Waals surface area contributed by atoms with E-state index in [1.165, 1.54) is 10.3 Å². The first-order chi connectivity index (χ1) is 27.5. The van der Waals surface area contributed by atoms with Gasteiger partial charge in [-0.05, 0) is 92.6 Å². The van der Waals surface area contributed by atoms with Crippen LogP contribution in [0.3, 0.4) is 0 Å². The topological polar surface area (TPSA) is 111 Å². The Hall–Kier alpha value is -5.32. The summed E-state index contributed by atoms with van der Waals surface area (Å²) in [6.07, 6.45) is 3.90. The average Bonchev–Trinajstić information content (AvgIpc) is 3.65. The Morgan fingerprint density at radius 2 is 1.56 bits per heavy atom. The molecule has 0 radical (unpaired) electrons. The molecular formula is C43H48ClN9O4. The molecule has 0 saturated carbocycles. The Morgan fingerprint density at radius 1 is 0.860 bits per heavy atom. The minimum atomic E-state index is -0.699. The summed E-state index contributed by atoms with van der Waals surface area (Å²) in [6, 6.07) is 20.0. The zero-order chi connectivity index (χ0) is 39.6. The molecule has 6 heterocycles. The number of piperazine rings is 1. The summed E-state index contributed by atoms with van der Waals surface area (Å²) in [5.74, 6) is -0.651. The van der Waals surface area contributed by atoms with Gasteiger partial charge in [0.25, 0.3) is 5.91 Å². The summed E-state index contributed by atoms with van der Waals surface area (Å²) in [7, 11) is 1.72. The third-order valence-electron chi connectivity index (χ3n) is 13.4. The van der Waals surface area contributed by atoms with E-state index in [1.807, 2.05) is 53.4 Å². The third kappa shape index (κ3) is 6.72. The van der Waals surface area contributed by atoms with E-state index < -0.39 is 11.9 Å². The van der Waals surface area contributed by atoms with Gasteiger partial charge in [-0.1, -0.05) is 17.7 Å². The predicted octanol–water partition coefficient (Wildman–Crippen LogP) is 5.05. The summed E-state index contributed by atoms with van der Waals surface area (Å²) >= 11 is 6.39. The molecule has 1 aromatic heterocycles. The van der Waals surface area contributed by atoms with Gasteiger partial charge in [0.05, 0.1) is 17.6 Å².